The highest BCUT2D eigenvalue weighted by Gasteiger charge is 2.16. The van der Waals surface area contributed by atoms with Crippen molar-refractivity contribution in [1.29, 1.82) is 0 Å². The highest BCUT2D eigenvalue weighted by molar-refractivity contribution is 9.10. The van der Waals surface area contributed by atoms with Crippen LogP contribution in [0.5, 0.6) is 0 Å². The molecule has 0 fully saturated rings. The van der Waals surface area contributed by atoms with Gasteiger partial charge in [0, 0.05) is 21.7 Å². The maximum Gasteiger partial charge on any atom is 0.366 e. The van der Waals surface area contributed by atoms with Gasteiger partial charge in [0.1, 0.15) is 0 Å². The minimum absolute atomic E-state index is 0.0151. The molecule has 2 rings (SSSR count). The highest BCUT2D eigenvalue weighted by Crippen LogP contribution is 2.20. The Kier molecular flexibility index (Phi) is 5.07. The fraction of sp³-hybridized carbons (Fsp3) is 0.0667. The van der Waals surface area contributed by atoms with E-state index < -0.39 is 10.9 Å². The number of aryl methyl sites for hydroxylation is 1. The Labute approximate surface area is 140 Å². The third-order valence-electron chi connectivity index (χ3n) is 2.99. The van der Waals surface area contributed by atoms with Crippen LogP contribution in [0.25, 0.3) is 0 Å². The van der Waals surface area contributed by atoms with Crippen molar-refractivity contribution in [3.63, 3.8) is 0 Å². The number of halogens is 1. The number of nitrogens with two attached hydrogens (primary N) is 1. The molecule has 0 saturated carbocycles. The molecule has 0 bridgehead atoms. The quantitative estimate of drug-likeness (QED) is 0.289. The Morgan fingerprint density at radius 1 is 1.26 bits per heavy atom. The largest absolute Gasteiger partial charge is 0.380 e. The average molecular weight is 378 g/mol. The second-order valence-electron chi connectivity index (χ2n) is 4.62. The lowest BCUT2D eigenvalue weighted by Gasteiger charge is -2.03. The molecule has 0 heterocycles. The van der Waals surface area contributed by atoms with Crippen molar-refractivity contribution in [2.24, 2.45) is 10.9 Å². The molecule has 0 saturated heterocycles. The van der Waals surface area contributed by atoms with Gasteiger partial charge in [0.2, 0.25) is 0 Å². The number of oxime groups is 1. The van der Waals surface area contributed by atoms with Crippen molar-refractivity contribution in [2.75, 3.05) is 0 Å². The predicted octanol–water partition coefficient (Wildman–Crippen LogP) is 3.14. The summed E-state index contributed by atoms with van der Waals surface area (Å²) in [5.41, 5.74) is 6.61. The molecule has 7 nitrogen and oxygen atoms in total. The summed E-state index contributed by atoms with van der Waals surface area (Å²) in [5.74, 6) is -0.813. The zero-order valence-electron chi connectivity index (χ0n) is 12.0. The van der Waals surface area contributed by atoms with E-state index in [1.54, 1.807) is 25.1 Å². The van der Waals surface area contributed by atoms with Crippen molar-refractivity contribution in [3.8, 4) is 0 Å². The summed E-state index contributed by atoms with van der Waals surface area (Å²) in [6.45, 7) is 1.58. The predicted molar refractivity (Wildman–Crippen MR) is 88.1 cm³/mol. The Hall–Kier alpha value is -2.74. The van der Waals surface area contributed by atoms with Gasteiger partial charge in [-0.2, -0.15) is 0 Å². The van der Waals surface area contributed by atoms with Gasteiger partial charge in [0.05, 0.1) is 10.5 Å². The van der Waals surface area contributed by atoms with Crippen LogP contribution in [0.2, 0.25) is 0 Å². The Balaban J connectivity index is 2.18. The van der Waals surface area contributed by atoms with E-state index in [1.165, 1.54) is 12.1 Å². The Bertz CT molecular complexity index is 805. The minimum Gasteiger partial charge on any atom is -0.380 e. The monoisotopic (exact) mass is 377 g/mol. The van der Waals surface area contributed by atoms with E-state index in [-0.39, 0.29) is 17.1 Å². The molecule has 118 valence electrons. The summed E-state index contributed by atoms with van der Waals surface area (Å²) >= 11 is 3.29. The molecular weight excluding hydrogens is 366 g/mol. The van der Waals surface area contributed by atoms with Gasteiger partial charge in [-0.3, -0.25) is 10.1 Å². The molecule has 0 aliphatic carbocycles. The van der Waals surface area contributed by atoms with Crippen LogP contribution in [0.4, 0.5) is 5.69 Å². The van der Waals surface area contributed by atoms with E-state index in [2.05, 4.69) is 21.1 Å². The number of nitro groups is 1. The number of carbonyl (C=O) groups excluding carboxylic acids is 1. The third kappa shape index (κ3) is 4.13. The van der Waals surface area contributed by atoms with Gasteiger partial charge in [-0.1, -0.05) is 39.3 Å². The van der Waals surface area contributed by atoms with Crippen LogP contribution in [0, 0.1) is 17.0 Å². The zero-order valence-corrected chi connectivity index (χ0v) is 13.6. The minimum atomic E-state index is -0.828. The Morgan fingerprint density at radius 2 is 2.00 bits per heavy atom. The lowest BCUT2D eigenvalue weighted by Crippen LogP contribution is -2.15. The van der Waals surface area contributed by atoms with Gasteiger partial charge in [0.25, 0.3) is 5.69 Å². The molecule has 23 heavy (non-hydrogen) atoms. The van der Waals surface area contributed by atoms with Crippen LogP contribution >= 0.6 is 15.9 Å². The molecule has 2 aromatic rings. The van der Waals surface area contributed by atoms with E-state index in [0.717, 1.165) is 10.5 Å². The lowest BCUT2D eigenvalue weighted by molar-refractivity contribution is -0.385. The fourth-order valence-corrected chi connectivity index (χ4v) is 2.18. The van der Waals surface area contributed by atoms with E-state index in [0.29, 0.717) is 11.1 Å². The first-order chi connectivity index (χ1) is 10.9. The summed E-state index contributed by atoms with van der Waals surface area (Å²) in [4.78, 5) is 27.0. The summed E-state index contributed by atoms with van der Waals surface area (Å²) in [6.07, 6.45) is 0. The van der Waals surface area contributed by atoms with E-state index in [9.17, 15) is 14.9 Å². The number of hydrogen-bond acceptors (Lipinski definition) is 5. The van der Waals surface area contributed by atoms with Gasteiger partial charge in [0.15, 0.2) is 5.84 Å². The van der Waals surface area contributed by atoms with Crippen LogP contribution in [0.3, 0.4) is 0 Å². The average Bonchev–Trinajstić information content (AvgIpc) is 2.52. The molecule has 0 aromatic heterocycles. The smallest absolute Gasteiger partial charge is 0.366 e. The molecule has 0 unspecified atom stereocenters. The van der Waals surface area contributed by atoms with Crippen molar-refractivity contribution in [1.82, 2.24) is 0 Å². The SMILES string of the molecule is Cc1ccc(C(=O)ON=C(N)c2cccc(Br)c2)cc1[N+](=O)[O-]. The first-order valence-electron chi connectivity index (χ1n) is 6.44. The van der Waals surface area contributed by atoms with E-state index >= 15 is 0 Å². The molecule has 0 aliphatic rings. The normalized spacial score (nSPS) is 11.1. The molecule has 8 heteroatoms. The van der Waals surface area contributed by atoms with Crippen LogP contribution in [0.1, 0.15) is 21.5 Å². The number of benzene rings is 2. The molecule has 0 spiro atoms. The maximum atomic E-state index is 11.9. The van der Waals surface area contributed by atoms with Crippen molar-refractivity contribution in [2.45, 2.75) is 6.92 Å². The van der Waals surface area contributed by atoms with Gasteiger partial charge >= 0.3 is 5.97 Å². The van der Waals surface area contributed by atoms with Crippen LogP contribution in [-0.2, 0) is 4.84 Å². The Morgan fingerprint density at radius 3 is 2.65 bits per heavy atom. The standard InChI is InChI=1S/C15H12BrN3O4/c1-9-5-6-11(8-13(9)19(21)22)15(20)23-18-14(17)10-3-2-4-12(16)7-10/h2-8H,1H3,(H2,17,18). The van der Waals surface area contributed by atoms with E-state index in [4.69, 9.17) is 10.6 Å². The van der Waals surface area contributed by atoms with E-state index in [1.807, 2.05) is 6.07 Å². The number of rotatable bonds is 4. The number of amidine groups is 1. The number of carbonyl (C=O) groups is 1. The highest BCUT2D eigenvalue weighted by atomic mass is 79.9. The summed E-state index contributed by atoms with van der Waals surface area (Å²) < 4.78 is 0.800. The number of nitrogens with zero attached hydrogens (tertiary/aromatic N) is 2. The molecule has 0 atom stereocenters. The van der Waals surface area contributed by atoms with Gasteiger partial charge in [-0.15, -0.1) is 0 Å². The zero-order chi connectivity index (χ0) is 17.0. The first-order valence-corrected chi connectivity index (χ1v) is 7.23. The van der Waals surface area contributed by atoms with Gasteiger partial charge in [-0.25, -0.2) is 4.79 Å². The molecule has 0 aliphatic heterocycles. The first kappa shape index (κ1) is 16.6. The maximum absolute atomic E-state index is 11.9. The fourth-order valence-electron chi connectivity index (χ4n) is 1.78. The third-order valence-corrected chi connectivity index (χ3v) is 3.48. The second-order valence-corrected chi connectivity index (χ2v) is 5.54. The van der Waals surface area contributed by atoms with Crippen molar-refractivity contribution < 1.29 is 14.6 Å². The van der Waals surface area contributed by atoms with Crippen LogP contribution in [-0.4, -0.2) is 16.7 Å². The molecular formula is C15H12BrN3O4. The lowest BCUT2D eigenvalue weighted by atomic mass is 10.1. The molecule has 0 radical (unpaired) electrons. The van der Waals surface area contributed by atoms with Gasteiger partial charge < -0.3 is 10.6 Å². The van der Waals surface area contributed by atoms with Crippen LogP contribution < -0.4 is 5.73 Å². The van der Waals surface area contributed by atoms with Crippen molar-refractivity contribution in [3.05, 3.63) is 73.7 Å². The molecule has 0 amide bonds. The molecule has 2 N–H and O–H groups in total. The number of hydrogen-bond donors (Lipinski definition) is 1. The van der Waals surface area contributed by atoms with Gasteiger partial charge in [-0.05, 0) is 25.1 Å². The van der Waals surface area contributed by atoms with Crippen molar-refractivity contribution >= 4 is 33.4 Å². The second kappa shape index (κ2) is 7.01. The number of nitro benzene ring substituents is 1. The summed E-state index contributed by atoms with van der Waals surface area (Å²) in [5, 5.41) is 14.4. The van der Waals surface area contributed by atoms with Crippen LogP contribution in [0.15, 0.2) is 52.1 Å². The summed E-state index contributed by atoms with van der Waals surface area (Å²) in [7, 11) is 0. The topological polar surface area (TPSA) is 108 Å². The molecule has 2 aromatic carbocycles. The summed E-state index contributed by atoms with van der Waals surface area (Å²) in [6, 6.07) is 11.0.